The van der Waals surface area contributed by atoms with Crippen LogP contribution in [0.4, 0.5) is 5.82 Å². The molecule has 0 aliphatic carbocycles. The highest BCUT2D eigenvalue weighted by Crippen LogP contribution is 2.18. The van der Waals surface area contributed by atoms with E-state index in [1.54, 1.807) is 24.2 Å². The third-order valence-electron chi connectivity index (χ3n) is 2.37. The van der Waals surface area contributed by atoms with Gasteiger partial charge in [-0.15, -0.1) is 0 Å². The number of likely N-dealkylation sites (N-methyl/N-ethyl adjacent to an activating group) is 2. The van der Waals surface area contributed by atoms with E-state index in [9.17, 15) is 4.79 Å². The van der Waals surface area contributed by atoms with E-state index in [1.165, 1.54) is 0 Å². The average molecular weight is 232 g/mol. The lowest BCUT2D eigenvalue weighted by atomic mass is 10.1. The summed E-state index contributed by atoms with van der Waals surface area (Å²) in [5.74, 6) is 0.459. The van der Waals surface area contributed by atoms with Crippen molar-refractivity contribution in [3.63, 3.8) is 0 Å². The predicted molar refractivity (Wildman–Crippen MR) is 65.6 cm³/mol. The number of aromatic nitrogens is 1. The molecule has 0 saturated carbocycles. The van der Waals surface area contributed by atoms with E-state index >= 15 is 0 Å². The molecule has 0 atom stereocenters. The first-order chi connectivity index (χ1) is 8.10. The Morgan fingerprint density at radius 3 is 2.94 bits per heavy atom. The number of rotatable bonds is 4. The number of hydrogen-bond donors (Lipinski definition) is 1. The molecule has 0 aromatic carbocycles. The number of carbonyl (C=O) groups is 1. The number of anilines is 1. The fraction of sp³-hybridized carbons (Fsp3) is 0.417. The lowest BCUT2D eigenvalue weighted by Gasteiger charge is -2.19. The molecule has 1 heterocycles. The Hall–Kier alpha value is -2.09. The summed E-state index contributed by atoms with van der Waals surface area (Å²) in [6, 6.07) is 3.89. The summed E-state index contributed by atoms with van der Waals surface area (Å²) < 4.78 is 0. The van der Waals surface area contributed by atoms with Crippen LogP contribution in [0.25, 0.3) is 0 Å². The van der Waals surface area contributed by atoms with Crippen molar-refractivity contribution in [3.05, 3.63) is 23.4 Å². The molecule has 1 amide bonds. The zero-order valence-corrected chi connectivity index (χ0v) is 10.3. The highest BCUT2D eigenvalue weighted by Gasteiger charge is 2.13. The van der Waals surface area contributed by atoms with Crippen molar-refractivity contribution >= 4 is 11.7 Å². The fourth-order valence-electron chi connectivity index (χ4n) is 1.51. The van der Waals surface area contributed by atoms with Crippen LogP contribution in [-0.4, -0.2) is 31.0 Å². The average Bonchev–Trinajstić information content (AvgIpc) is 2.28. The van der Waals surface area contributed by atoms with Crippen LogP contribution in [0.1, 0.15) is 18.1 Å². The van der Waals surface area contributed by atoms with Gasteiger partial charge in [0.15, 0.2) is 0 Å². The maximum Gasteiger partial charge on any atom is 0.239 e. The molecular formula is C12H16N4O. The Bertz CT molecular complexity index is 450. The van der Waals surface area contributed by atoms with E-state index < -0.39 is 0 Å². The zero-order valence-electron chi connectivity index (χ0n) is 10.3. The standard InChI is InChI=1S/C12H16N4O/c1-4-14-11(17)8-16(3)12-10(7-13)9(2)5-6-15-12/h5-6H,4,8H2,1-3H3,(H,14,17). The number of carbonyl (C=O) groups excluding carboxylic acids is 1. The van der Waals surface area contributed by atoms with E-state index in [2.05, 4.69) is 16.4 Å². The van der Waals surface area contributed by atoms with Crippen molar-refractivity contribution in [2.75, 3.05) is 25.0 Å². The number of nitriles is 1. The topological polar surface area (TPSA) is 69.0 Å². The number of hydrogen-bond acceptors (Lipinski definition) is 4. The Labute approximate surface area is 101 Å². The van der Waals surface area contributed by atoms with Gasteiger partial charge < -0.3 is 10.2 Å². The normalized spacial score (nSPS) is 9.53. The molecule has 90 valence electrons. The largest absolute Gasteiger partial charge is 0.355 e. The van der Waals surface area contributed by atoms with Gasteiger partial charge in [-0.25, -0.2) is 4.98 Å². The van der Waals surface area contributed by atoms with Crippen LogP contribution in [0, 0.1) is 18.3 Å². The number of amides is 1. The Balaban J connectivity index is 2.90. The minimum Gasteiger partial charge on any atom is -0.355 e. The molecular weight excluding hydrogens is 216 g/mol. The number of aryl methyl sites for hydroxylation is 1. The molecule has 0 fully saturated rings. The van der Waals surface area contributed by atoms with E-state index in [0.717, 1.165) is 5.56 Å². The minimum atomic E-state index is -0.0813. The molecule has 17 heavy (non-hydrogen) atoms. The van der Waals surface area contributed by atoms with Crippen molar-refractivity contribution in [1.29, 1.82) is 5.26 Å². The van der Waals surface area contributed by atoms with Gasteiger partial charge in [0, 0.05) is 19.8 Å². The molecule has 0 bridgehead atoms. The molecule has 0 aliphatic rings. The van der Waals surface area contributed by atoms with E-state index in [-0.39, 0.29) is 12.5 Å². The van der Waals surface area contributed by atoms with Crippen LogP contribution in [-0.2, 0) is 4.79 Å². The maximum atomic E-state index is 11.4. The van der Waals surface area contributed by atoms with E-state index in [0.29, 0.717) is 17.9 Å². The van der Waals surface area contributed by atoms with Crippen LogP contribution >= 0.6 is 0 Å². The SMILES string of the molecule is CCNC(=O)CN(C)c1nccc(C)c1C#N. The fourth-order valence-corrected chi connectivity index (χ4v) is 1.51. The van der Waals surface area contributed by atoms with Gasteiger partial charge in [-0.1, -0.05) is 0 Å². The lowest BCUT2D eigenvalue weighted by Crippen LogP contribution is -2.35. The summed E-state index contributed by atoms with van der Waals surface area (Å²) >= 11 is 0. The van der Waals surface area contributed by atoms with Gasteiger partial charge in [0.05, 0.1) is 12.1 Å². The van der Waals surface area contributed by atoms with Crippen LogP contribution in [0.15, 0.2) is 12.3 Å². The van der Waals surface area contributed by atoms with Gasteiger partial charge in [-0.3, -0.25) is 4.79 Å². The first kappa shape index (κ1) is 13.0. The summed E-state index contributed by atoms with van der Waals surface area (Å²) in [4.78, 5) is 17.3. The van der Waals surface area contributed by atoms with Gasteiger partial charge in [0.2, 0.25) is 5.91 Å². The summed E-state index contributed by atoms with van der Waals surface area (Å²) in [5, 5.41) is 11.8. The third kappa shape index (κ3) is 3.18. The van der Waals surface area contributed by atoms with Crippen molar-refractivity contribution < 1.29 is 4.79 Å². The second-order valence-electron chi connectivity index (χ2n) is 3.75. The molecule has 0 aliphatic heterocycles. The Morgan fingerprint density at radius 2 is 2.35 bits per heavy atom. The van der Waals surface area contributed by atoms with E-state index in [1.807, 2.05) is 13.8 Å². The van der Waals surface area contributed by atoms with Crippen LogP contribution in [0.3, 0.4) is 0 Å². The molecule has 1 rings (SSSR count). The third-order valence-corrected chi connectivity index (χ3v) is 2.37. The molecule has 0 radical (unpaired) electrons. The van der Waals surface area contributed by atoms with Crippen molar-refractivity contribution in [3.8, 4) is 6.07 Å². The van der Waals surface area contributed by atoms with Crippen molar-refractivity contribution in [2.45, 2.75) is 13.8 Å². The number of nitrogens with one attached hydrogen (secondary N) is 1. The summed E-state index contributed by atoms with van der Waals surface area (Å²) in [6.45, 7) is 4.51. The molecule has 5 nitrogen and oxygen atoms in total. The minimum absolute atomic E-state index is 0.0813. The van der Waals surface area contributed by atoms with Crippen LogP contribution in [0.2, 0.25) is 0 Å². The first-order valence-electron chi connectivity index (χ1n) is 5.43. The quantitative estimate of drug-likeness (QED) is 0.835. The van der Waals surface area contributed by atoms with Crippen LogP contribution < -0.4 is 10.2 Å². The Kier molecular flexibility index (Phi) is 4.46. The maximum absolute atomic E-state index is 11.4. The highest BCUT2D eigenvalue weighted by molar-refractivity contribution is 5.81. The summed E-state index contributed by atoms with van der Waals surface area (Å²) in [6.07, 6.45) is 1.64. The molecule has 1 aromatic heterocycles. The second-order valence-corrected chi connectivity index (χ2v) is 3.75. The number of pyridine rings is 1. The monoisotopic (exact) mass is 232 g/mol. The molecule has 1 N–H and O–H groups in total. The second kappa shape index (κ2) is 5.85. The van der Waals surface area contributed by atoms with Gasteiger partial charge in [0.25, 0.3) is 0 Å². The van der Waals surface area contributed by atoms with Crippen molar-refractivity contribution in [2.24, 2.45) is 0 Å². The van der Waals surface area contributed by atoms with Gasteiger partial charge in [-0.05, 0) is 25.5 Å². The molecule has 0 saturated heterocycles. The lowest BCUT2D eigenvalue weighted by molar-refractivity contribution is -0.119. The molecule has 5 heteroatoms. The molecule has 0 spiro atoms. The predicted octanol–water partition coefficient (Wildman–Crippen LogP) is 0.834. The smallest absolute Gasteiger partial charge is 0.239 e. The number of nitrogens with zero attached hydrogens (tertiary/aromatic N) is 3. The van der Waals surface area contributed by atoms with Crippen LogP contribution in [0.5, 0.6) is 0 Å². The molecule has 0 unspecified atom stereocenters. The van der Waals surface area contributed by atoms with Gasteiger partial charge >= 0.3 is 0 Å². The summed E-state index contributed by atoms with van der Waals surface area (Å²) in [5.41, 5.74) is 1.37. The van der Waals surface area contributed by atoms with E-state index in [4.69, 9.17) is 5.26 Å². The van der Waals surface area contributed by atoms with Gasteiger partial charge in [0.1, 0.15) is 11.9 Å². The first-order valence-corrected chi connectivity index (χ1v) is 5.43. The Morgan fingerprint density at radius 1 is 1.65 bits per heavy atom. The highest BCUT2D eigenvalue weighted by atomic mass is 16.2. The zero-order chi connectivity index (χ0) is 12.8. The molecule has 1 aromatic rings. The van der Waals surface area contributed by atoms with Gasteiger partial charge in [-0.2, -0.15) is 5.26 Å². The van der Waals surface area contributed by atoms with Crippen molar-refractivity contribution in [1.82, 2.24) is 10.3 Å². The summed E-state index contributed by atoms with van der Waals surface area (Å²) in [7, 11) is 1.75.